The van der Waals surface area contributed by atoms with Gasteiger partial charge in [-0.1, -0.05) is 0 Å². The smallest absolute Gasteiger partial charge is 0.371 e. The maximum absolute atomic E-state index is 12.4. The first-order valence-electron chi connectivity index (χ1n) is 4.25. The molecule has 6 heteroatoms. The molecule has 15 heavy (non-hydrogen) atoms. The highest BCUT2D eigenvalue weighted by Crippen LogP contribution is 2.32. The molecule has 0 aliphatic carbocycles. The molecule has 0 aliphatic rings. The summed E-state index contributed by atoms with van der Waals surface area (Å²) in [5, 5.41) is 9.63. The first kappa shape index (κ1) is 9.82. The van der Waals surface area contributed by atoms with Crippen molar-refractivity contribution in [1.82, 2.24) is 10.2 Å². The molecule has 0 radical (unpaired) electrons. The molecular weight excluding hydrogens is 207 g/mol. The Bertz CT molecular complexity index is 487. The fraction of sp³-hybridized carbons (Fsp3) is 0.222. The molecule has 1 aromatic carbocycles. The SMILES string of the molecule is CNc1n[nH]c2ccc(C(F)(F)F)cc12. The van der Waals surface area contributed by atoms with Gasteiger partial charge in [-0.15, -0.1) is 0 Å². The van der Waals surface area contributed by atoms with Crippen LogP contribution in [0.4, 0.5) is 19.0 Å². The van der Waals surface area contributed by atoms with Gasteiger partial charge in [0.05, 0.1) is 11.1 Å². The fourth-order valence-corrected chi connectivity index (χ4v) is 1.38. The van der Waals surface area contributed by atoms with Crippen molar-refractivity contribution in [2.45, 2.75) is 6.18 Å². The van der Waals surface area contributed by atoms with E-state index >= 15 is 0 Å². The van der Waals surface area contributed by atoms with Gasteiger partial charge < -0.3 is 5.32 Å². The van der Waals surface area contributed by atoms with E-state index in [-0.39, 0.29) is 0 Å². The second-order valence-electron chi connectivity index (χ2n) is 3.08. The van der Waals surface area contributed by atoms with E-state index in [9.17, 15) is 13.2 Å². The lowest BCUT2D eigenvalue weighted by molar-refractivity contribution is -0.137. The van der Waals surface area contributed by atoms with Crippen molar-refractivity contribution < 1.29 is 13.2 Å². The van der Waals surface area contributed by atoms with Gasteiger partial charge in [0.2, 0.25) is 0 Å². The Balaban J connectivity index is 2.63. The van der Waals surface area contributed by atoms with Gasteiger partial charge in [0.1, 0.15) is 0 Å². The molecule has 2 rings (SSSR count). The number of alkyl halides is 3. The Morgan fingerprint density at radius 3 is 2.67 bits per heavy atom. The summed E-state index contributed by atoms with van der Waals surface area (Å²) in [5.74, 6) is 0.413. The highest BCUT2D eigenvalue weighted by atomic mass is 19.4. The van der Waals surface area contributed by atoms with Gasteiger partial charge in [-0.05, 0) is 18.2 Å². The van der Waals surface area contributed by atoms with Crippen LogP contribution in [0.3, 0.4) is 0 Å². The molecule has 0 saturated heterocycles. The quantitative estimate of drug-likeness (QED) is 0.767. The zero-order valence-electron chi connectivity index (χ0n) is 7.81. The molecule has 0 saturated carbocycles. The van der Waals surface area contributed by atoms with E-state index in [1.54, 1.807) is 7.05 Å². The van der Waals surface area contributed by atoms with Crippen LogP contribution in [0.2, 0.25) is 0 Å². The zero-order chi connectivity index (χ0) is 11.1. The van der Waals surface area contributed by atoms with E-state index in [0.717, 1.165) is 12.1 Å². The standard InChI is InChI=1S/C9H8F3N3/c1-13-8-6-4-5(9(10,11)12)2-3-7(6)14-15-8/h2-4H,1H3,(H2,13,14,15). The molecule has 0 unspecified atom stereocenters. The zero-order valence-corrected chi connectivity index (χ0v) is 7.81. The number of anilines is 1. The van der Waals surface area contributed by atoms with Gasteiger partial charge in [-0.3, -0.25) is 5.10 Å². The van der Waals surface area contributed by atoms with Crippen LogP contribution in [-0.4, -0.2) is 17.2 Å². The lowest BCUT2D eigenvalue weighted by Crippen LogP contribution is -2.04. The Morgan fingerprint density at radius 1 is 1.33 bits per heavy atom. The van der Waals surface area contributed by atoms with Crippen LogP contribution in [0, 0.1) is 0 Å². The number of hydrogen-bond acceptors (Lipinski definition) is 2. The first-order valence-corrected chi connectivity index (χ1v) is 4.25. The van der Waals surface area contributed by atoms with E-state index in [1.165, 1.54) is 6.07 Å². The highest BCUT2D eigenvalue weighted by molar-refractivity contribution is 5.90. The molecule has 3 nitrogen and oxygen atoms in total. The van der Waals surface area contributed by atoms with Crippen LogP contribution >= 0.6 is 0 Å². The van der Waals surface area contributed by atoms with E-state index in [0.29, 0.717) is 16.7 Å². The van der Waals surface area contributed by atoms with Crippen molar-refractivity contribution in [3.05, 3.63) is 23.8 Å². The van der Waals surface area contributed by atoms with Gasteiger partial charge >= 0.3 is 6.18 Å². The lowest BCUT2D eigenvalue weighted by Gasteiger charge is -2.06. The number of aromatic nitrogens is 2. The number of nitrogens with zero attached hydrogens (tertiary/aromatic N) is 1. The third-order valence-corrected chi connectivity index (χ3v) is 2.13. The van der Waals surface area contributed by atoms with Gasteiger partial charge in [0.25, 0.3) is 0 Å². The molecule has 1 heterocycles. The molecule has 0 aliphatic heterocycles. The number of fused-ring (bicyclic) bond motifs is 1. The fourth-order valence-electron chi connectivity index (χ4n) is 1.38. The molecule has 0 fully saturated rings. The molecule has 0 spiro atoms. The maximum atomic E-state index is 12.4. The van der Waals surface area contributed by atoms with Gasteiger partial charge in [-0.25, -0.2) is 0 Å². The molecule has 1 aromatic heterocycles. The van der Waals surface area contributed by atoms with Gasteiger partial charge in [0, 0.05) is 12.4 Å². The van der Waals surface area contributed by atoms with Crippen LogP contribution in [0.15, 0.2) is 18.2 Å². The summed E-state index contributed by atoms with van der Waals surface area (Å²) in [6.45, 7) is 0. The molecule has 0 amide bonds. The number of halogens is 3. The molecule has 2 aromatic rings. The molecule has 2 N–H and O–H groups in total. The average molecular weight is 215 g/mol. The second-order valence-corrected chi connectivity index (χ2v) is 3.08. The summed E-state index contributed by atoms with van der Waals surface area (Å²) in [5.41, 5.74) is -0.0970. The first-order chi connectivity index (χ1) is 7.02. The van der Waals surface area contributed by atoms with Crippen molar-refractivity contribution in [2.75, 3.05) is 12.4 Å². The number of hydrogen-bond donors (Lipinski definition) is 2. The van der Waals surface area contributed by atoms with Crippen molar-refractivity contribution in [2.24, 2.45) is 0 Å². The van der Waals surface area contributed by atoms with Crippen molar-refractivity contribution >= 4 is 16.7 Å². The number of aromatic amines is 1. The highest BCUT2D eigenvalue weighted by Gasteiger charge is 2.30. The number of benzene rings is 1. The predicted molar refractivity (Wildman–Crippen MR) is 50.6 cm³/mol. The minimum Gasteiger partial charge on any atom is -0.371 e. The topological polar surface area (TPSA) is 40.7 Å². The Kier molecular flexibility index (Phi) is 2.06. The summed E-state index contributed by atoms with van der Waals surface area (Å²) < 4.78 is 37.2. The number of rotatable bonds is 1. The Morgan fingerprint density at radius 2 is 2.07 bits per heavy atom. The number of nitrogens with one attached hydrogen (secondary N) is 2. The summed E-state index contributed by atoms with van der Waals surface area (Å²) in [6.07, 6.45) is -4.32. The van der Waals surface area contributed by atoms with E-state index in [2.05, 4.69) is 15.5 Å². The van der Waals surface area contributed by atoms with E-state index < -0.39 is 11.7 Å². The van der Waals surface area contributed by atoms with E-state index in [4.69, 9.17) is 0 Å². The maximum Gasteiger partial charge on any atom is 0.416 e. The summed E-state index contributed by atoms with van der Waals surface area (Å²) in [4.78, 5) is 0. The van der Waals surface area contributed by atoms with E-state index in [1.807, 2.05) is 0 Å². The van der Waals surface area contributed by atoms with Gasteiger partial charge in [-0.2, -0.15) is 18.3 Å². The number of H-pyrrole nitrogens is 1. The largest absolute Gasteiger partial charge is 0.416 e. The summed E-state index contributed by atoms with van der Waals surface area (Å²) >= 11 is 0. The summed E-state index contributed by atoms with van der Waals surface area (Å²) in [6, 6.07) is 3.47. The third-order valence-electron chi connectivity index (χ3n) is 2.13. The molecule has 0 atom stereocenters. The van der Waals surface area contributed by atoms with Gasteiger partial charge in [0.15, 0.2) is 5.82 Å². The average Bonchev–Trinajstić information content (AvgIpc) is 2.57. The molecular formula is C9H8F3N3. The van der Waals surface area contributed by atoms with Crippen LogP contribution in [0.5, 0.6) is 0 Å². The minimum atomic E-state index is -4.32. The van der Waals surface area contributed by atoms with Crippen LogP contribution in [-0.2, 0) is 6.18 Å². The normalized spacial score (nSPS) is 12.0. The molecule has 0 bridgehead atoms. The monoisotopic (exact) mass is 215 g/mol. The Labute approximate surface area is 83.3 Å². The van der Waals surface area contributed by atoms with Crippen LogP contribution < -0.4 is 5.32 Å². The summed E-state index contributed by atoms with van der Waals surface area (Å²) in [7, 11) is 1.61. The third kappa shape index (κ3) is 1.62. The van der Waals surface area contributed by atoms with Crippen molar-refractivity contribution in [3.8, 4) is 0 Å². The second kappa shape index (κ2) is 3.15. The van der Waals surface area contributed by atoms with Crippen molar-refractivity contribution in [1.29, 1.82) is 0 Å². The molecule has 80 valence electrons. The lowest BCUT2D eigenvalue weighted by atomic mass is 10.1. The van der Waals surface area contributed by atoms with Crippen LogP contribution in [0.25, 0.3) is 10.9 Å². The van der Waals surface area contributed by atoms with Crippen molar-refractivity contribution in [3.63, 3.8) is 0 Å². The predicted octanol–water partition coefficient (Wildman–Crippen LogP) is 2.62. The Hall–Kier alpha value is -1.72. The van der Waals surface area contributed by atoms with Crippen LogP contribution in [0.1, 0.15) is 5.56 Å². The minimum absolute atomic E-state index is 0.413.